The third-order valence-corrected chi connectivity index (χ3v) is 2.47. The molecule has 0 radical (unpaired) electrons. The number of nitrogens with zero attached hydrogens (tertiary/aromatic N) is 3. The second-order valence-electron chi connectivity index (χ2n) is 3.47. The van der Waals surface area contributed by atoms with Crippen LogP contribution in [0.25, 0.3) is 10.9 Å². The van der Waals surface area contributed by atoms with Gasteiger partial charge in [-0.25, -0.2) is 0 Å². The Morgan fingerprint density at radius 2 is 2.00 bits per heavy atom. The molecule has 0 bridgehead atoms. The van der Waals surface area contributed by atoms with Crippen LogP contribution in [0.4, 0.5) is 11.5 Å². The molecule has 84 valence electrons. The first-order valence-electron chi connectivity index (χ1n) is 4.93. The summed E-state index contributed by atoms with van der Waals surface area (Å²) in [7, 11) is 0. The maximum Gasteiger partial charge on any atom is 0.215 e. The Morgan fingerprint density at radius 3 is 2.88 bits per heavy atom. The molecular weight excluding hydrogens is 236 g/mol. The van der Waals surface area contributed by atoms with E-state index in [-0.39, 0.29) is 0 Å². The van der Waals surface area contributed by atoms with Crippen LogP contribution in [0.1, 0.15) is 0 Å². The number of hydrogen-bond acceptors (Lipinski definition) is 5. The summed E-state index contributed by atoms with van der Waals surface area (Å²) in [6.45, 7) is 0. The highest BCUT2D eigenvalue weighted by atomic mass is 32.1. The highest BCUT2D eigenvalue weighted by Gasteiger charge is 1.99. The van der Waals surface area contributed by atoms with Crippen molar-refractivity contribution in [1.29, 1.82) is 0 Å². The fourth-order valence-corrected chi connectivity index (χ4v) is 1.69. The van der Waals surface area contributed by atoms with Gasteiger partial charge in [-0.05, 0) is 30.4 Å². The number of aromatic nitrogens is 5. The molecule has 17 heavy (non-hydrogen) atoms. The summed E-state index contributed by atoms with van der Waals surface area (Å²) in [5.74, 6) is 0.604. The minimum absolute atomic E-state index is 0.345. The molecule has 3 aromatic rings. The summed E-state index contributed by atoms with van der Waals surface area (Å²) in [6.07, 6.45) is 3.35. The third-order valence-electron chi connectivity index (χ3n) is 2.28. The number of fused-ring (bicyclic) bond motifs is 1. The summed E-state index contributed by atoms with van der Waals surface area (Å²) in [5, 5.41) is 17.5. The highest BCUT2D eigenvalue weighted by molar-refractivity contribution is 7.71. The fraction of sp³-hybridized carbons (Fsp3) is 0. The normalized spacial score (nSPS) is 10.6. The molecule has 7 heteroatoms. The smallest absolute Gasteiger partial charge is 0.215 e. The lowest BCUT2D eigenvalue weighted by Crippen LogP contribution is -1.96. The molecule has 0 unspecified atom stereocenters. The van der Waals surface area contributed by atoms with E-state index in [1.165, 1.54) is 0 Å². The standard InChI is InChI=1S/C10H8N6S/c17-10-14-9(5-12-16-10)13-7-2-1-6-4-11-15-8(6)3-7/h1-5H,(H,11,15)(H2,13,14,16,17). The summed E-state index contributed by atoms with van der Waals surface area (Å²) >= 11 is 4.89. The molecular formula is C10H8N6S. The van der Waals surface area contributed by atoms with Gasteiger partial charge in [0, 0.05) is 11.1 Å². The molecule has 3 rings (SSSR count). The topological polar surface area (TPSA) is 82.3 Å². The number of nitrogens with one attached hydrogen (secondary N) is 3. The highest BCUT2D eigenvalue weighted by Crippen LogP contribution is 2.18. The third kappa shape index (κ3) is 2.00. The number of hydrogen-bond donors (Lipinski definition) is 3. The first kappa shape index (κ1) is 9.91. The van der Waals surface area contributed by atoms with Gasteiger partial charge in [0.25, 0.3) is 0 Å². The van der Waals surface area contributed by atoms with Crippen molar-refractivity contribution in [3.63, 3.8) is 0 Å². The van der Waals surface area contributed by atoms with Crippen LogP contribution in [0, 0.1) is 4.77 Å². The van der Waals surface area contributed by atoms with E-state index in [1.54, 1.807) is 12.4 Å². The first-order chi connectivity index (χ1) is 8.31. The van der Waals surface area contributed by atoms with E-state index >= 15 is 0 Å². The van der Waals surface area contributed by atoms with Crippen molar-refractivity contribution in [2.75, 3.05) is 5.32 Å². The molecule has 0 atom stereocenters. The van der Waals surface area contributed by atoms with Crippen LogP contribution in [-0.2, 0) is 0 Å². The van der Waals surface area contributed by atoms with Crippen LogP contribution >= 0.6 is 12.2 Å². The Balaban J connectivity index is 1.96. The van der Waals surface area contributed by atoms with Crippen LogP contribution in [0.3, 0.4) is 0 Å². The molecule has 0 aliphatic carbocycles. The Kier molecular flexibility index (Phi) is 2.30. The lowest BCUT2D eigenvalue weighted by molar-refractivity contribution is 0.953. The van der Waals surface area contributed by atoms with Crippen LogP contribution in [0.15, 0.2) is 30.6 Å². The van der Waals surface area contributed by atoms with E-state index < -0.39 is 0 Å². The zero-order chi connectivity index (χ0) is 11.7. The monoisotopic (exact) mass is 244 g/mol. The SMILES string of the molecule is S=c1nc(Nc2ccc3cn[nH]c3c2)cn[nH]1. The number of aromatic amines is 2. The second-order valence-corrected chi connectivity index (χ2v) is 3.86. The zero-order valence-corrected chi connectivity index (χ0v) is 9.45. The van der Waals surface area contributed by atoms with Crippen molar-refractivity contribution in [3.05, 3.63) is 35.4 Å². The zero-order valence-electron chi connectivity index (χ0n) is 8.64. The van der Waals surface area contributed by atoms with Crippen molar-refractivity contribution >= 4 is 34.6 Å². The predicted octanol–water partition coefficient (Wildman–Crippen LogP) is 2.15. The molecule has 0 fully saturated rings. The van der Waals surface area contributed by atoms with E-state index in [0.717, 1.165) is 16.6 Å². The van der Waals surface area contributed by atoms with Crippen molar-refractivity contribution in [3.8, 4) is 0 Å². The molecule has 0 amide bonds. The molecule has 0 aliphatic rings. The summed E-state index contributed by atoms with van der Waals surface area (Å²) < 4.78 is 0.345. The second kappa shape index (κ2) is 3.95. The molecule has 1 aromatic carbocycles. The minimum Gasteiger partial charge on any atom is -0.339 e. The van der Waals surface area contributed by atoms with Gasteiger partial charge < -0.3 is 5.32 Å². The summed E-state index contributed by atoms with van der Waals surface area (Å²) in [4.78, 5) is 4.10. The van der Waals surface area contributed by atoms with Crippen molar-refractivity contribution in [2.24, 2.45) is 0 Å². The fourth-order valence-electron chi connectivity index (χ4n) is 1.53. The Labute approximate surface area is 101 Å². The number of H-pyrrole nitrogens is 2. The maximum absolute atomic E-state index is 4.89. The van der Waals surface area contributed by atoms with Gasteiger partial charge in [0.05, 0.1) is 17.9 Å². The van der Waals surface area contributed by atoms with Crippen LogP contribution in [0.5, 0.6) is 0 Å². The van der Waals surface area contributed by atoms with Crippen molar-refractivity contribution in [2.45, 2.75) is 0 Å². The van der Waals surface area contributed by atoms with Gasteiger partial charge in [0.1, 0.15) is 0 Å². The van der Waals surface area contributed by atoms with E-state index in [4.69, 9.17) is 12.2 Å². The lowest BCUT2D eigenvalue weighted by Gasteiger charge is -2.04. The average Bonchev–Trinajstić information content (AvgIpc) is 2.76. The average molecular weight is 244 g/mol. The molecule has 0 saturated heterocycles. The Bertz CT molecular complexity index is 716. The van der Waals surface area contributed by atoms with E-state index in [1.807, 2.05) is 18.2 Å². The van der Waals surface area contributed by atoms with Gasteiger partial charge in [-0.15, -0.1) is 0 Å². The largest absolute Gasteiger partial charge is 0.339 e. The first-order valence-corrected chi connectivity index (χ1v) is 5.34. The Morgan fingerprint density at radius 1 is 1.12 bits per heavy atom. The molecule has 0 spiro atoms. The van der Waals surface area contributed by atoms with Gasteiger partial charge >= 0.3 is 0 Å². The molecule has 6 nitrogen and oxygen atoms in total. The summed E-state index contributed by atoms with van der Waals surface area (Å²) in [5.41, 5.74) is 1.86. The maximum atomic E-state index is 4.89. The van der Waals surface area contributed by atoms with Gasteiger partial charge in [0.2, 0.25) is 4.77 Å². The molecule has 0 aliphatic heterocycles. The lowest BCUT2D eigenvalue weighted by atomic mass is 10.2. The molecule has 3 N–H and O–H groups in total. The van der Waals surface area contributed by atoms with Crippen LogP contribution in [-0.4, -0.2) is 25.4 Å². The quantitative estimate of drug-likeness (QED) is 0.602. The van der Waals surface area contributed by atoms with Crippen LogP contribution < -0.4 is 5.32 Å². The minimum atomic E-state index is 0.345. The van der Waals surface area contributed by atoms with Gasteiger partial charge in [-0.1, -0.05) is 0 Å². The molecule has 2 heterocycles. The van der Waals surface area contributed by atoms with Gasteiger partial charge in [-0.3, -0.25) is 10.2 Å². The molecule has 0 saturated carbocycles. The van der Waals surface area contributed by atoms with E-state index in [2.05, 4.69) is 30.7 Å². The summed E-state index contributed by atoms with van der Waals surface area (Å²) in [6, 6.07) is 5.86. The van der Waals surface area contributed by atoms with Crippen molar-refractivity contribution in [1.82, 2.24) is 25.4 Å². The Hall–Kier alpha value is -2.28. The number of rotatable bonds is 2. The van der Waals surface area contributed by atoms with Crippen LogP contribution in [0.2, 0.25) is 0 Å². The number of benzene rings is 1. The van der Waals surface area contributed by atoms with Gasteiger partial charge in [-0.2, -0.15) is 15.2 Å². The van der Waals surface area contributed by atoms with Gasteiger partial charge in [0.15, 0.2) is 5.82 Å². The van der Waals surface area contributed by atoms with Crippen molar-refractivity contribution < 1.29 is 0 Å². The molecule has 2 aromatic heterocycles. The van der Waals surface area contributed by atoms with E-state index in [9.17, 15) is 0 Å². The predicted molar refractivity (Wildman–Crippen MR) is 66.6 cm³/mol. The van der Waals surface area contributed by atoms with E-state index in [0.29, 0.717) is 10.6 Å². The number of anilines is 2.